The molecule has 1 aromatic rings. The Bertz CT molecular complexity index is 544. The lowest BCUT2D eigenvalue weighted by Gasteiger charge is -2.29. The number of nitrogens with zero attached hydrogens (tertiary/aromatic N) is 1. The van der Waals surface area contributed by atoms with Gasteiger partial charge in [0.25, 0.3) is 0 Å². The van der Waals surface area contributed by atoms with Crippen molar-refractivity contribution in [1.29, 1.82) is 0 Å². The first-order valence-electron chi connectivity index (χ1n) is 8.17. The number of hydrogen-bond donors (Lipinski definition) is 1. The molecular formula is C18H23FN2O. The largest absolute Gasteiger partial charge is 0.354 e. The molecule has 3 rings (SSSR count). The molecule has 1 fully saturated rings. The van der Waals surface area contributed by atoms with Crippen molar-refractivity contribution in [3.63, 3.8) is 0 Å². The van der Waals surface area contributed by atoms with Crippen molar-refractivity contribution in [2.75, 3.05) is 19.6 Å². The normalized spacial score (nSPS) is 20.4. The highest BCUT2D eigenvalue weighted by Crippen LogP contribution is 2.27. The van der Waals surface area contributed by atoms with E-state index >= 15 is 0 Å². The van der Waals surface area contributed by atoms with Crippen LogP contribution in [0.25, 0.3) is 0 Å². The maximum absolute atomic E-state index is 14.2. The summed E-state index contributed by atoms with van der Waals surface area (Å²) in [7, 11) is 0. The number of allylic oxidation sites excluding steroid dienone is 2. The van der Waals surface area contributed by atoms with E-state index in [4.69, 9.17) is 0 Å². The van der Waals surface area contributed by atoms with Crippen LogP contribution >= 0.6 is 0 Å². The monoisotopic (exact) mass is 302 g/mol. The predicted molar refractivity (Wildman–Crippen MR) is 84.8 cm³/mol. The van der Waals surface area contributed by atoms with Crippen LogP contribution in [-0.2, 0) is 4.79 Å². The van der Waals surface area contributed by atoms with E-state index in [0.717, 1.165) is 38.8 Å². The van der Waals surface area contributed by atoms with Gasteiger partial charge in [0.05, 0.1) is 6.04 Å². The van der Waals surface area contributed by atoms with Gasteiger partial charge in [-0.15, -0.1) is 0 Å². The maximum Gasteiger partial charge on any atom is 0.223 e. The number of amides is 1. The number of nitrogens with one attached hydrogen (secondary N) is 1. The Kier molecular flexibility index (Phi) is 4.88. The van der Waals surface area contributed by atoms with E-state index in [1.54, 1.807) is 6.07 Å². The van der Waals surface area contributed by atoms with Gasteiger partial charge in [-0.1, -0.05) is 30.4 Å². The molecule has 1 aliphatic heterocycles. The average Bonchev–Trinajstić information content (AvgIpc) is 3.22. The third kappa shape index (κ3) is 3.38. The fraction of sp³-hybridized carbons (Fsp3) is 0.500. The molecule has 0 saturated carbocycles. The van der Waals surface area contributed by atoms with Crippen LogP contribution in [0.4, 0.5) is 4.39 Å². The molecule has 0 bridgehead atoms. The zero-order valence-electron chi connectivity index (χ0n) is 12.8. The van der Waals surface area contributed by atoms with Crippen molar-refractivity contribution in [1.82, 2.24) is 10.2 Å². The zero-order chi connectivity index (χ0) is 15.4. The minimum absolute atomic E-state index is 0.0554. The van der Waals surface area contributed by atoms with E-state index in [0.29, 0.717) is 12.1 Å². The number of likely N-dealkylation sites (tertiary alicyclic amines) is 1. The van der Waals surface area contributed by atoms with Crippen molar-refractivity contribution in [3.05, 3.63) is 47.8 Å². The lowest BCUT2D eigenvalue weighted by molar-refractivity contribution is -0.124. The average molecular weight is 302 g/mol. The van der Waals surface area contributed by atoms with Crippen molar-refractivity contribution in [2.24, 2.45) is 5.92 Å². The number of hydrogen-bond acceptors (Lipinski definition) is 2. The second kappa shape index (κ2) is 7.05. The van der Waals surface area contributed by atoms with E-state index in [1.165, 1.54) is 6.07 Å². The Morgan fingerprint density at radius 1 is 1.23 bits per heavy atom. The highest BCUT2D eigenvalue weighted by molar-refractivity contribution is 5.79. The Morgan fingerprint density at radius 2 is 1.91 bits per heavy atom. The molecule has 0 spiro atoms. The van der Waals surface area contributed by atoms with Gasteiger partial charge in [-0.2, -0.15) is 0 Å². The molecule has 118 valence electrons. The number of halogens is 1. The fourth-order valence-electron chi connectivity index (χ4n) is 3.41. The van der Waals surface area contributed by atoms with Gasteiger partial charge < -0.3 is 5.32 Å². The van der Waals surface area contributed by atoms with E-state index in [-0.39, 0.29) is 23.7 Å². The molecule has 2 aliphatic rings. The lowest BCUT2D eigenvalue weighted by Crippen LogP contribution is -2.39. The summed E-state index contributed by atoms with van der Waals surface area (Å²) in [4.78, 5) is 14.5. The van der Waals surface area contributed by atoms with Crippen molar-refractivity contribution in [2.45, 2.75) is 31.7 Å². The molecule has 0 aromatic heterocycles. The molecule has 1 atom stereocenters. The SMILES string of the molecule is O=C(NCC(c1ccccc1F)N1CCCC1)C1CC=CC1. The molecule has 4 heteroatoms. The van der Waals surface area contributed by atoms with Crippen LogP contribution in [0.15, 0.2) is 36.4 Å². The van der Waals surface area contributed by atoms with Gasteiger partial charge in [-0.05, 0) is 44.8 Å². The summed E-state index contributed by atoms with van der Waals surface area (Å²) in [6.07, 6.45) is 8.04. The number of carbonyl (C=O) groups excluding carboxylic acids is 1. The van der Waals surface area contributed by atoms with E-state index in [1.807, 2.05) is 12.1 Å². The highest BCUT2D eigenvalue weighted by Gasteiger charge is 2.27. The third-order valence-electron chi connectivity index (χ3n) is 4.69. The Hall–Kier alpha value is -1.68. The minimum Gasteiger partial charge on any atom is -0.354 e. The Labute approximate surface area is 131 Å². The third-order valence-corrected chi connectivity index (χ3v) is 4.69. The first kappa shape index (κ1) is 15.2. The first-order chi connectivity index (χ1) is 10.8. The van der Waals surface area contributed by atoms with Crippen LogP contribution in [0.1, 0.15) is 37.3 Å². The zero-order valence-corrected chi connectivity index (χ0v) is 12.8. The van der Waals surface area contributed by atoms with Crippen molar-refractivity contribution < 1.29 is 9.18 Å². The summed E-state index contributed by atoms with van der Waals surface area (Å²) >= 11 is 0. The topological polar surface area (TPSA) is 32.3 Å². The lowest BCUT2D eigenvalue weighted by atomic mass is 10.0. The quantitative estimate of drug-likeness (QED) is 0.848. The number of benzene rings is 1. The van der Waals surface area contributed by atoms with Crippen LogP contribution in [0.5, 0.6) is 0 Å². The van der Waals surface area contributed by atoms with Crippen molar-refractivity contribution in [3.8, 4) is 0 Å². The van der Waals surface area contributed by atoms with Gasteiger partial charge in [0.1, 0.15) is 5.82 Å². The number of rotatable bonds is 5. The summed E-state index contributed by atoms with van der Waals surface area (Å²) in [5, 5.41) is 3.04. The molecular weight excluding hydrogens is 279 g/mol. The summed E-state index contributed by atoms with van der Waals surface area (Å²) < 4.78 is 14.2. The summed E-state index contributed by atoms with van der Waals surface area (Å²) in [6.45, 7) is 2.43. The molecule has 1 saturated heterocycles. The van der Waals surface area contributed by atoms with Crippen LogP contribution < -0.4 is 5.32 Å². The molecule has 1 heterocycles. The van der Waals surface area contributed by atoms with Gasteiger partial charge >= 0.3 is 0 Å². The fourth-order valence-corrected chi connectivity index (χ4v) is 3.41. The standard InChI is InChI=1S/C18H23FN2O/c19-16-10-4-3-9-15(16)17(21-11-5-6-12-21)13-20-18(22)14-7-1-2-8-14/h1-4,9-10,14,17H,5-8,11-13H2,(H,20,22). The van der Waals surface area contributed by atoms with Gasteiger partial charge in [-0.25, -0.2) is 4.39 Å². The minimum atomic E-state index is -0.184. The van der Waals surface area contributed by atoms with Crippen molar-refractivity contribution >= 4 is 5.91 Å². The molecule has 0 radical (unpaired) electrons. The Balaban J connectivity index is 1.69. The molecule has 1 aliphatic carbocycles. The van der Waals surface area contributed by atoms with E-state index < -0.39 is 0 Å². The maximum atomic E-state index is 14.2. The summed E-state index contributed by atoms with van der Waals surface area (Å²) in [5.41, 5.74) is 0.689. The second-order valence-corrected chi connectivity index (χ2v) is 6.17. The van der Waals surface area contributed by atoms with Crippen LogP contribution in [0.2, 0.25) is 0 Å². The first-order valence-corrected chi connectivity index (χ1v) is 8.17. The van der Waals surface area contributed by atoms with Crippen LogP contribution in [0, 0.1) is 11.7 Å². The Morgan fingerprint density at radius 3 is 2.59 bits per heavy atom. The summed E-state index contributed by atoms with van der Waals surface area (Å²) in [6, 6.07) is 6.84. The highest BCUT2D eigenvalue weighted by atomic mass is 19.1. The molecule has 22 heavy (non-hydrogen) atoms. The molecule has 1 aromatic carbocycles. The van der Waals surface area contributed by atoms with Crippen LogP contribution in [0.3, 0.4) is 0 Å². The molecule has 1 amide bonds. The van der Waals surface area contributed by atoms with E-state index in [9.17, 15) is 9.18 Å². The van der Waals surface area contributed by atoms with Gasteiger partial charge in [0.15, 0.2) is 0 Å². The van der Waals surface area contributed by atoms with Crippen LogP contribution in [-0.4, -0.2) is 30.4 Å². The predicted octanol–water partition coefficient (Wildman–Crippen LogP) is 3.05. The second-order valence-electron chi connectivity index (χ2n) is 6.17. The van der Waals surface area contributed by atoms with Gasteiger partial charge in [0.2, 0.25) is 5.91 Å². The van der Waals surface area contributed by atoms with E-state index in [2.05, 4.69) is 22.4 Å². The molecule has 1 unspecified atom stereocenters. The summed E-state index contributed by atoms with van der Waals surface area (Å²) in [5.74, 6) is -0.0402. The van der Waals surface area contributed by atoms with Gasteiger partial charge in [-0.3, -0.25) is 9.69 Å². The van der Waals surface area contributed by atoms with Gasteiger partial charge in [0, 0.05) is 18.0 Å². The molecule has 3 nitrogen and oxygen atoms in total. The smallest absolute Gasteiger partial charge is 0.223 e. The number of carbonyl (C=O) groups is 1. The molecule has 1 N–H and O–H groups in total.